The number of halogens is 2. The Morgan fingerprint density at radius 1 is 1.00 bits per heavy atom. The van der Waals surface area contributed by atoms with E-state index in [0.717, 1.165) is 34.0 Å². The molecule has 2 amide bonds. The van der Waals surface area contributed by atoms with Crippen molar-refractivity contribution in [2.75, 3.05) is 5.32 Å². The zero-order chi connectivity index (χ0) is 26.4. The summed E-state index contributed by atoms with van der Waals surface area (Å²) in [6, 6.07) is 25.3. The van der Waals surface area contributed by atoms with Crippen LogP contribution >= 0.6 is 11.6 Å². The van der Waals surface area contributed by atoms with Crippen LogP contribution < -0.4 is 5.32 Å². The Kier molecular flexibility index (Phi) is 6.00. The van der Waals surface area contributed by atoms with Gasteiger partial charge in [-0.15, -0.1) is 0 Å². The fraction of sp³-hybridized carbons (Fsp3) is 0.133. The Morgan fingerprint density at radius 3 is 2.58 bits per heavy atom. The molecule has 0 spiro atoms. The molecule has 8 heteroatoms. The highest BCUT2D eigenvalue weighted by Gasteiger charge is 2.36. The zero-order valence-corrected chi connectivity index (χ0v) is 21.7. The van der Waals surface area contributed by atoms with Crippen molar-refractivity contribution >= 4 is 23.3 Å². The van der Waals surface area contributed by atoms with Crippen LogP contribution in [0.1, 0.15) is 34.1 Å². The average molecular weight is 526 g/mol. The number of amides is 2. The van der Waals surface area contributed by atoms with E-state index < -0.39 is 6.04 Å². The number of carbonyl (C=O) groups excluding carboxylic acids is 1. The SMILES string of the molecule is Cc1ccc(NC(=O)N2Cc3c(C)nn(-c4ccccc4)c3-n3cccc3C2c2cccc(Cl)c2)cc1F. The highest BCUT2D eigenvalue weighted by Crippen LogP contribution is 2.39. The second-order valence-corrected chi connectivity index (χ2v) is 9.85. The van der Waals surface area contributed by atoms with Gasteiger partial charge in [-0.05, 0) is 73.5 Å². The van der Waals surface area contributed by atoms with Crippen molar-refractivity contribution in [1.29, 1.82) is 0 Å². The molecule has 1 unspecified atom stereocenters. The van der Waals surface area contributed by atoms with Crippen molar-refractivity contribution in [3.63, 3.8) is 0 Å². The summed E-state index contributed by atoms with van der Waals surface area (Å²) in [5, 5.41) is 8.35. The molecule has 0 fully saturated rings. The van der Waals surface area contributed by atoms with Gasteiger partial charge in [0.2, 0.25) is 0 Å². The lowest BCUT2D eigenvalue weighted by Gasteiger charge is -2.31. The van der Waals surface area contributed by atoms with Gasteiger partial charge in [-0.2, -0.15) is 5.10 Å². The number of anilines is 1. The third-order valence-corrected chi connectivity index (χ3v) is 7.17. The maximum Gasteiger partial charge on any atom is 0.322 e. The Hall–Kier alpha value is -4.36. The fourth-order valence-electron chi connectivity index (χ4n) is 5.04. The van der Waals surface area contributed by atoms with E-state index in [1.165, 1.54) is 6.07 Å². The molecule has 0 saturated carbocycles. The number of aromatic nitrogens is 3. The molecule has 38 heavy (non-hydrogen) atoms. The number of benzene rings is 3. The molecule has 190 valence electrons. The quantitative estimate of drug-likeness (QED) is 0.270. The van der Waals surface area contributed by atoms with E-state index in [-0.39, 0.29) is 18.4 Å². The summed E-state index contributed by atoms with van der Waals surface area (Å²) in [5.41, 5.74) is 5.30. The van der Waals surface area contributed by atoms with Crippen molar-refractivity contribution in [2.45, 2.75) is 26.4 Å². The van der Waals surface area contributed by atoms with E-state index in [0.29, 0.717) is 16.3 Å². The molecule has 1 aliphatic heterocycles. The maximum absolute atomic E-state index is 14.3. The van der Waals surface area contributed by atoms with Crippen molar-refractivity contribution in [2.24, 2.45) is 0 Å². The van der Waals surface area contributed by atoms with Crippen LogP contribution in [0.15, 0.2) is 91.1 Å². The molecule has 1 aliphatic rings. The van der Waals surface area contributed by atoms with Gasteiger partial charge < -0.3 is 14.8 Å². The lowest BCUT2D eigenvalue weighted by Crippen LogP contribution is -2.38. The zero-order valence-electron chi connectivity index (χ0n) is 20.9. The summed E-state index contributed by atoms with van der Waals surface area (Å²) in [7, 11) is 0. The van der Waals surface area contributed by atoms with Gasteiger partial charge in [-0.3, -0.25) is 0 Å². The monoisotopic (exact) mass is 525 g/mol. The summed E-state index contributed by atoms with van der Waals surface area (Å²) in [6.45, 7) is 3.92. The Bertz CT molecular complexity index is 1660. The van der Waals surface area contributed by atoms with Gasteiger partial charge in [0.1, 0.15) is 11.6 Å². The van der Waals surface area contributed by atoms with Crippen molar-refractivity contribution in [1.82, 2.24) is 19.2 Å². The summed E-state index contributed by atoms with van der Waals surface area (Å²) in [5.74, 6) is 0.499. The normalized spacial score (nSPS) is 14.5. The first kappa shape index (κ1) is 24.0. The number of urea groups is 1. The molecule has 1 atom stereocenters. The average Bonchev–Trinajstić information content (AvgIpc) is 3.47. The number of fused-ring (bicyclic) bond motifs is 3. The van der Waals surface area contributed by atoms with E-state index >= 15 is 0 Å². The van der Waals surface area contributed by atoms with E-state index in [9.17, 15) is 9.18 Å². The molecule has 2 aromatic heterocycles. The molecular weight excluding hydrogens is 501 g/mol. The predicted molar refractivity (Wildman–Crippen MR) is 147 cm³/mol. The number of nitrogens with one attached hydrogen (secondary N) is 1. The van der Waals surface area contributed by atoms with Gasteiger partial charge in [0.15, 0.2) is 0 Å². The number of aryl methyl sites for hydroxylation is 2. The number of rotatable bonds is 3. The van der Waals surface area contributed by atoms with E-state index in [4.69, 9.17) is 16.7 Å². The van der Waals surface area contributed by atoms with Gasteiger partial charge in [0.25, 0.3) is 0 Å². The summed E-state index contributed by atoms with van der Waals surface area (Å²) in [4.78, 5) is 15.7. The van der Waals surface area contributed by atoms with Gasteiger partial charge in [0, 0.05) is 22.5 Å². The van der Waals surface area contributed by atoms with Crippen LogP contribution in [0, 0.1) is 19.7 Å². The van der Waals surface area contributed by atoms with Crippen LogP contribution in [0.4, 0.5) is 14.9 Å². The van der Waals surface area contributed by atoms with Crippen molar-refractivity contribution in [3.05, 3.63) is 130 Å². The molecule has 0 radical (unpaired) electrons. The minimum absolute atomic E-state index is 0.285. The van der Waals surface area contributed by atoms with Crippen molar-refractivity contribution in [3.8, 4) is 11.5 Å². The van der Waals surface area contributed by atoms with Gasteiger partial charge in [0.05, 0.1) is 29.7 Å². The first-order valence-corrected chi connectivity index (χ1v) is 12.7. The third-order valence-electron chi connectivity index (χ3n) is 6.94. The number of hydrogen-bond acceptors (Lipinski definition) is 2. The first-order chi connectivity index (χ1) is 18.4. The Balaban J connectivity index is 1.53. The Labute approximate surface area is 224 Å². The number of nitrogens with zero attached hydrogens (tertiary/aromatic N) is 4. The van der Waals surface area contributed by atoms with Crippen LogP contribution in [-0.2, 0) is 6.54 Å². The second-order valence-electron chi connectivity index (χ2n) is 9.42. The smallest absolute Gasteiger partial charge is 0.308 e. The lowest BCUT2D eigenvalue weighted by molar-refractivity contribution is 0.194. The van der Waals surface area contributed by atoms with Crippen LogP contribution in [0.2, 0.25) is 5.02 Å². The minimum atomic E-state index is -0.463. The summed E-state index contributed by atoms with van der Waals surface area (Å²) in [6.07, 6.45) is 1.99. The van der Waals surface area contributed by atoms with Gasteiger partial charge >= 0.3 is 6.03 Å². The predicted octanol–water partition coefficient (Wildman–Crippen LogP) is 7.21. The molecule has 5 aromatic rings. The molecule has 6 rings (SSSR count). The number of carbonyl (C=O) groups is 1. The van der Waals surface area contributed by atoms with Gasteiger partial charge in [-0.25, -0.2) is 13.9 Å². The molecular formula is C30H25ClFN5O. The maximum atomic E-state index is 14.3. The minimum Gasteiger partial charge on any atom is -0.308 e. The highest BCUT2D eigenvalue weighted by atomic mass is 35.5. The highest BCUT2D eigenvalue weighted by molar-refractivity contribution is 6.30. The van der Waals surface area contributed by atoms with Crippen LogP contribution in [0.5, 0.6) is 0 Å². The van der Waals surface area contributed by atoms with Crippen LogP contribution in [0.3, 0.4) is 0 Å². The Morgan fingerprint density at radius 2 is 1.82 bits per heavy atom. The standard InChI is InChI=1S/C30H25ClFN5O/c1-19-13-14-23(17-26(19)32)33-30(38)36-18-25-20(2)34-37(24-10-4-3-5-11-24)29(25)35-15-7-12-27(35)28(36)21-8-6-9-22(31)16-21/h3-17,28H,18H2,1-2H3,(H,33,38). The summed E-state index contributed by atoms with van der Waals surface area (Å²) < 4.78 is 18.3. The molecule has 3 heterocycles. The fourth-order valence-corrected chi connectivity index (χ4v) is 5.24. The third kappa shape index (κ3) is 4.15. The topological polar surface area (TPSA) is 55.1 Å². The van der Waals surface area contributed by atoms with E-state index in [2.05, 4.69) is 9.88 Å². The number of para-hydroxylation sites is 1. The van der Waals surface area contributed by atoms with Gasteiger partial charge in [-0.1, -0.05) is 48.0 Å². The van der Waals surface area contributed by atoms with Crippen LogP contribution in [0.25, 0.3) is 11.5 Å². The molecule has 1 N–H and O–H groups in total. The molecule has 0 bridgehead atoms. The number of hydrogen-bond donors (Lipinski definition) is 1. The van der Waals surface area contributed by atoms with Crippen molar-refractivity contribution < 1.29 is 9.18 Å². The second kappa shape index (κ2) is 9.50. The largest absolute Gasteiger partial charge is 0.322 e. The first-order valence-electron chi connectivity index (χ1n) is 12.3. The van der Waals surface area contributed by atoms with E-state index in [1.807, 2.05) is 84.5 Å². The lowest BCUT2D eigenvalue weighted by atomic mass is 10.0. The van der Waals surface area contributed by atoms with Crippen LogP contribution in [-0.4, -0.2) is 25.3 Å². The molecule has 6 nitrogen and oxygen atoms in total. The molecule has 0 saturated heterocycles. The van der Waals surface area contributed by atoms with E-state index in [1.54, 1.807) is 24.0 Å². The molecule has 0 aliphatic carbocycles. The summed E-state index contributed by atoms with van der Waals surface area (Å²) >= 11 is 6.41. The molecule has 3 aromatic carbocycles.